The zero-order valence-corrected chi connectivity index (χ0v) is 31.6. The number of unbranched alkanes of at least 4 members (excludes halogenated alkanes) is 1. The summed E-state index contributed by atoms with van der Waals surface area (Å²) in [5, 5.41) is 20.4. The summed E-state index contributed by atoms with van der Waals surface area (Å²) in [4.78, 5) is 27.4. The number of morpholine rings is 1. The number of carbonyl (C=O) groups is 2. The molecule has 6 nitrogen and oxygen atoms in total. The molecule has 0 spiro atoms. The Balaban J connectivity index is 1.13. The lowest BCUT2D eigenvalue weighted by atomic mass is 9.32. The summed E-state index contributed by atoms with van der Waals surface area (Å²) in [6.07, 6.45) is 15.2. The van der Waals surface area contributed by atoms with Gasteiger partial charge in [0.2, 0.25) is 0 Å². The zero-order valence-electron chi connectivity index (χ0n) is 31.6. The number of carboxylic acids is 2. The highest BCUT2D eigenvalue weighted by Gasteiger charge is 2.71. The van der Waals surface area contributed by atoms with Gasteiger partial charge in [0, 0.05) is 13.1 Å². The maximum Gasteiger partial charge on any atom is 0.335 e. The lowest BCUT2D eigenvalue weighted by Gasteiger charge is -2.72. The molecule has 9 atom stereocenters. The Bertz CT molecular complexity index is 1520. The molecular formula is C44H63NO5. The first-order chi connectivity index (χ1) is 23.7. The smallest absolute Gasteiger partial charge is 0.335 e. The molecule has 4 saturated carbocycles. The van der Waals surface area contributed by atoms with Crippen LogP contribution in [0.1, 0.15) is 128 Å². The molecule has 1 saturated heterocycles. The number of nitrogens with zero attached hydrogens (tertiary/aromatic N) is 1. The number of carboxylic acid groups (broad SMARTS) is 2. The molecule has 1 aromatic rings. The second kappa shape index (κ2) is 12.9. The Kier molecular flexibility index (Phi) is 9.27. The van der Waals surface area contributed by atoms with Gasteiger partial charge in [0.25, 0.3) is 0 Å². The largest absolute Gasteiger partial charge is 0.481 e. The molecule has 0 unspecified atom stereocenters. The van der Waals surface area contributed by atoms with Crippen molar-refractivity contribution < 1.29 is 24.5 Å². The minimum atomic E-state index is -0.882. The number of aliphatic carboxylic acids is 1. The van der Waals surface area contributed by atoms with Crippen LogP contribution in [-0.2, 0) is 9.53 Å². The van der Waals surface area contributed by atoms with E-state index in [0.29, 0.717) is 29.2 Å². The van der Waals surface area contributed by atoms with Gasteiger partial charge in [-0.25, -0.2) is 4.79 Å². The zero-order chi connectivity index (χ0) is 35.7. The summed E-state index contributed by atoms with van der Waals surface area (Å²) < 4.78 is 5.53. The van der Waals surface area contributed by atoms with E-state index in [9.17, 15) is 19.8 Å². The third-order valence-corrected chi connectivity index (χ3v) is 16.7. The van der Waals surface area contributed by atoms with Crippen molar-refractivity contribution in [1.82, 2.24) is 4.90 Å². The summed E-state index contributed by atoms with van der Waals surface area (Å²) in [5.41, 5.74) is 3.97. The second-order valence-corrected chi connectivity index (χ2v) is 18.8. The summed E-state index contributed by atoms with van der Waals surface area (Å²) in [5.74, 6) is 0.620. The summed E-state index contributed by atoms with van der Waals surface area (Å²) in [6, 6.07) is 7.51. The second-order valence-electron chi connectivity index (χ2n) is 18.8. The predicted molar refractivity (Wildman–Crippen MR) is 199 cm³/mol. The van der Waals surface area contributed by atoms with Gasteiger partial charge >= 0.3 is 11.9 Å². The highest BCUT2D eigenvalue weighted by atomic mass is 16.5. The van der Waals surface area contributed by atoms with E-state index >= 15 is 0 Å². The van der Waals surface area contributed by atoms with Gasteiger partial charge in [-0.3, -0.25) is 9.69 Å². The molecular weight excluding hydrogens is 622 g/mol. The van der Waals surface area contributed by atoms with Crippen molar-refractivity contribution in [3.05, 3.63) is 53.6 Å². The number of allylic oxidation sites excluding steroid dienone is 3. The van der Waals surface area contributed by atoms with Crippen LogP contribution in [0.4, 0.5) is 0 Å². The van der Waals surface area contributed by atoms with Crippen LogP contribution in [-0.4, -0.2) is 59.9 Å². The van der Waals surface area contributed by atoms with Crippen molar-refractivity contribution in [2.24, 2.45) is 56.7 Å². The van der Waals surface area contributed by atoms with Crippen molar-refractivity contribution in [2.75, 3.05) is 32.8 Å². The minimum Gasteiger partial charge on any atom is -0.481 e. The highest BCUT2D eigenvalue weighted by molar-refractivity contribution is 5.88. The minimum absolute atomic E-state index is 0.0298. The normalized spacial score (nSPS) is 40.8. The van der Waals surface area contributed by atoms with Crippen molar-refractivity contribution in [3.63, 3.8) is 0 Å². The van der Waals surface area contributed by atoms with E-state index in [2.05, 4.69) is 45.6 Å². The number of benzene rings is 1. The molecule has 0 radical (unpaired) electrons. The van der Waals surface area contributed by atoms with Gasteiger partial charge in [0.1, 0.15) is 0 Å². The number of rotatable bonds is 9. The van der Waals surface area contributed by atoms with Crippen LogP contribution >= 0.6 is 0 Å². The summed E-state index contributed by atoms with van der Waals surface area (Å²) >= 11 is 0. The average molecular weight is 686 g/mol. The van der Waals surface area contributed by atoms with Crippen LogP contribution in [0.5, 0.6) is 0 Å². The standard InChI is InChI=1S/C44H63NO5/c1-29(9-7-8-24-45-25-27-50-28-26-45)32-16-21-44(39(48)49)23-22-42(5)34(37(32)44)14-15-36-41(4)19-17-33(30-10-12-31(13-11-30)38(46)47)40(2,3)35(41)18-20-43(36,42)6/h10-13,17,32,34-37H,1,7-9,14-16,18-28H2,2-6H3,(H,46,47)(H,48,49)/t32-,34+,35-,36+,37+,41-,42+,43+,44-/m0/s1. The molecule has 7 rings (SSSR count). The number of hydrogen-bond acceptors (Lipinski definition) is 4. The Labute approximate surface area is 301 Å². The quantitative estimate of drug-likeness (QED) is 0.199. The van der Waals surface area contributed by atoms with E-state index in [1.165, 1.54) is 36.8 Å². The van der Waals surface area contributed by atoms with Crippen LogP contribution in [0.2, 0.25) is 0 Å². The van der Waals surface area contributed by atoms with Gasteiger partial charge < -0.3 is 14.9 Å². The van der Waals surface area contributed by atoms with Crippen molar-refractivity contribution in [1.29, 1.82) is 0 Å². The maximum absolute atomic E-state index is 13.3. The number of fused-ring (bicyclic) bond motifs is 7. The lowest BCUT2D eigenvalue weighted by Crippen LogP contribution is -2.65. The lowest BCUT2D eigenvalue weighted by molar-refractivity contribution is -0.228. The van der Waals surface area contributed by atoms with Gasteiger partial charge in [-0.2, -0.15) is 0 Å². The molecule has 5 aliphatic carbocycles. The van der Waals surface area contributed by atoms with Gasteiger partial charge in [-0.1, -0.05) is 65.0 Å². The fourth-order valence-corrected chi connectivity index (χ4v) is 14.0. The molecule has 6 aliphatic rings. The first kappa shape index (κ1) is 35.9. The van der Waals surface area contributed by atoms with Gasteiger partial charge in [0.15, 0.2) is 0 Å². The van der Waals surface area contributed by atoms with Crippen LogP contribution in [0, 0.1) is 56.7 Å². The third kappa shape index (κ3) is 5.39. The van der Waals surface area contributed by atoms with Crippen LogP contribution in [0.15, 0.2) is 42.5 Å². The van der Waals surface area contributed by atoms with E-state index in [0.717, 1.165) is 89.8 Å². The van der Waals surface area contributed by atoms with Gasteiger partial charge in [0.05, 0.1) is 24.2 Å². The Morgan fingerprint density at radius 1 is 0.860 bits per heavy atom. The molecule has 50 heavy (non-hydrogen) atoms. The van der Waals surface area contributed by atoms with Crippen molar-refractivity contribution in [2.45, 2.75) is 112 Å². The van der Waals surface area contributed by atoms with E-state index < -0.39 is 17.4 Å². The fraction of sp³-hybridized carbons (Fsp3) is 0.727. The van der Waals surface area contributed by atoms with Crippen molar-refractivity contribution in [3.8, 4) is 0 Å². The van der Waals surface area contributed by atoms with Crippen LogP contribution < -0.4 is 0 Å². The van der Waals surface area contributed by atoms with Gasteiger partial charge in [-0.15, -0.1) is 0 Å². The fourth-order valence-electron chi connectivity index (χ4n) is 14.0. The van der Waals surface area contributed by atoms with E-state index in [4.69, 9.17) is 11.3 Å². The molecule has 1 aliphatic heterocycles. The molecule has 1 heterocycles. The maximum atomic E-state index is 13.3. The van der Waals surface area contributed by atoms with Crippen molar-refractivity contribution >= 4 is 17.5 Å². The molecule has 0 bridgehead atoms. The first-order valence-corrected chi connectivity index (χ1v) is 19.9. The number of hydrogen-bond donors (Lipinski definition) is 2. The Morgan fingerprint density at radius 2 is 1.58 bits per heavy atom. The molecule has 5 fully saturated rings. The van der Waals surface area contributed by atoms with E-state index in [-0.39, 0.29) is 27.6 Å². The topological polar surface area (TPSA) is 87.1 Å². The third-order valence-electron chi connectivity index (χ3n) is 16.7. The van der Waals surface area contributed by atoms with Gasteiger partial charge in [-0.05, 0) is 158 Å². The summed E-state index contributed by atoms with van der Waals surface area (Å²) in [7, 11) is 0. The molecule has 1 aromatic carbocycles. The first-order valence-electron chi connectivity index (χ1n) is 19.9. The van der Waals surface area contributed by atoms with Crippen LogP contribution in [0.25, 0.3) is 5.57 Å². The molecule has 2 N–H and O–H groups in total. The molecule has 274 valence electrons. The Hall–Kier alpha value is -2.44. The van der Waals surface area contributed by atoms with E-state index in [1.807, 2.05) is 12.1 Å². The van der Waals surface area contributed by atoms with Crippen LogP contribution in [0.3, 0.4) is 0 Å². The number of ether oxygens (including phenoxy) is 1. The average Bonchev–Trinajstić information content (AvgIpc) is 3.49. The molecule has 0 amide bonds. The highest BCUT2D eigenvalue weighted by Crippen LogP contribution is 2.77. The summed E-state index contributed by atoms with van der Waals surface area (Å²) in [6.45, 7) is 22.3. The SMILES string of the molecule is C=C(CCCCN1CCOCC1)[C@@H]1CC[C@]2(C(=O)O)CC[C@]3(C)[C@H](CC[C@@H]4[C@@]5(C)CC=C(c6ccc(C(=O)O)cc6)C(C)(C)[C@@H]5CC[C@]43C)[C@@H]12. The Morgan fingerprint density at radius 3 is 2.26 bits per heavy atom. The van der Waals surface area contributed by atoms with E-state index in [1.54, 1.807) is 12.1 Å². The molecule has 0 aromatic heterocycles. The number of aromatic carboxylic acids is 1. The molecule has 6 heteroatoms. The predicted octanol–water partition coefficient (Wildman–Crippen LogP) is 9.60. The monoisotopic (exact) mass is 685 g/mol.